The first-order chi connectivity index (χ1) is 8.74. The molecule has 1 aromatic heterocycles. The van der Waals surface area contributed by atoms with E-state index in [4.69, 9.17) is 5.73 Å². The van der Waals surface area contributed by atoms with Crippen molar-refractivity contribution in [2.75, 3.05) is 5.75 Å². The number of aromatic nitrogens is 2. The molecule has 1 atom stereocenters. The minimum atomic E-state index is -0.187. The van der Waals surface area contributed by atoms with Crippen molar-refractivity contribution < 1.29 is 0 Å². The average molecular weight is 324 g/mol. The second-order valence-corrected chi connectivity index (χ2v) is 6.40. The number of rotatable bonds is 2. The number of aryl methyl sites for hydroxylation is 1. The molecule has 94 valence electrons. The van der Waals surface area contributed by atoms with Gasteiger partial charge in [-0.2, -0.15) is 0 Å². The summed E-state index contributed by atoms with van der Waals surface area (Å²) in [5.74, 6) is 2.02. The largest absolute Gasteiger partial charge is 0.335 e. The lowest BCUT2D eigenvalue weighted by atomic mass is 10.0. The Labute approximate surface area is 119 Å². The Morgan fingerprint density at radius 1 is 1.44 bits per heavy atom. The van der Waals surface area contributed by atoms with E-state index >= 15 is 0 Å². The molecule has 0 amide bonds. The molecule has 0 radical (unpaired) electrons. The van der Waals surface area contributed by atoms with E-state index in [1.807, 2.05) is 11.8 Å². The molecule has 1 aromatic carbocycles. The van der Waals surface area contributed by atoms with Crippen molar-refractivity contribution >= 4 is 27.7 Å². The van der Waals surface area contributed by atoms with Crippen LogP contribution in [0.1, 0.15) is 29.4 Å². The summed E-state index contributed by atoms with van der Waals surface area (Å²) in [7, 11) is 0. The van der Waals surface area contributed by atoms with Crippen molar-refractivity contribution in [1.82, 2.24) is 9.97 Å². The minimum Gasteiger partial charge on any atom is -0.335 e. The number of H-pyrrole nitrogens is 1. The van der Waals surface area contributed by atoms with E-state index in [0.717, 1.165) is 22.4 Å². The summed E-state index contributed by atoms with van der Waals surface area (Å²) in [6.45, 7) is 0. The first-order valence-corrected chi connectivity index (χ1v) is 7.73. The first-order valence-electron chi connectivity index (χ1n) is 5.95. The summed E-state index contributed by atoms with van der Waals surface area (Å²) in [4.78, 5) is 8.80. The molecule has 3 nitrogen and oxygen atoms in total. The number of nitrogens with one attached hydrogen (secondary N) is 1. The third-order valence-electron chi connectivity index (χ3n) is 3.15. The smallest absolute Gasteiger partial charge is 0.128 e. The van der Waals surface area contributed by atoms with E-state index in [-0.39, 0.29) is 6.04 Å². The highest BCUT2D eigenvalue weighted by atomic mass is 79.9. The van der Waals surface area contributed by atoms with Crippen LogP contribution in [0.15, 0.2) is 33.9 Å². The van der Waals surface area contributed by atoms with Crippen molar-refractivity contribution in [3.8, 4) is 0 Å². The fraction of sp³-hybridized carbons (Fsp3) is 0.308. The Morgan fingerprint density at radius 2 is 2.33 bits per heavy atom. The highest BCUT2D eigenvalue weighted by molar-refractivity contribution is 9.10. The van der Waals surface area contributed by atoms with Crippen LogP contribution < -0.4 is 5.73 Å². The molecule has 18 heavy (non-hydrogen) atoms. The molecule has 3 rings (SSSR count). The van der Waals surface area contributed by atoms with Crippen LogP contribution in [0.4, 0.5) is 0 Å². The first kappa shape index (κ1) is 12.3. The third-order valence-corrected chi connectivity index (χ3v) is 4.76. The van der Waals surface area contributed by atoms with E-state index in [1.165, 1.54) is 22.6 Å². The standard InChI is InChI=1S/C13H14BrN3S/c14-11-7-16-13(17-11)12(15)9-3-4-10-8(6-9)2-1-5-18-10/h3-4,6-7,12H,1-2,5,15H2,(H,16,17). The number of thioether (sulfide) groups is 1. The van der Waals surface area contributed by atoms with Gasteiger partial charge in [-0.3, -0.25) is 0 Å². The quantitative estimate of drug-likeness (QED) is 0.891. The van der Waals surface area contributed by atoms with Gasteiger partial charge in [0.1, 0.15) is 10.4 Å². The summed E-state index contributed by atoms with van der Waals surface area (Å²) in [5, 5.41) is 0. The summed E-state index contributed by atoms with van der Waals surface area (Å²) in [6, 6.07) is 6.33. The van der Waals surface area contributed by atoms with Crippen molar-refractivity contribution in [3.63, 3.8) is 0 Å². The molecule has 1 unspecified atom stereocenters. The van der Waals surface area contributed by atoms with E-state index in [1.54, 1.807) is 6.20 Å². The van der Waals surface area contributed by atoms with Gasteiger partial charge in [0.15, 0.2) is 0 Å². The van der Waals surface area contributed by atoms with Crippen LogP contribution >= 0.6 is 27.7 Å². The molecule has 0 spiro atoms. The van der Waals surface area contributed by atoms with E-state index in [0.29, 0.717) is 0 Å². The summed E-state index contributed by atoms with van der Waals surface area (Å²) in [5.41, 5.74) is 8.79. The van der Waals surface area contributed by atoms with Crippen molar-refractivity contribution in [2.24, 2.45) is 5.73 Å². The Morgan fingerprint density at radius 3 is 3.11 bits per heavy atom. The molecule has 2 heterocycles. The van der Waals surface area contributed by atoms with Crippen molar-refractivity contribution in [1.29, 1.82) is 0 Å². The van der Waals surface area contributed by atoms with Gasteiger partial charge in [0.05, 0.1) is 12.2 Å². The minimum absolute atomic E-state index is 0.187. The lowest BCUT2D eigenvalue weighted by Crippen LogP contribution is -2.14. The molecule has 1 aliphatic heterocycles. The van der Waals surface area contributed by atoms with Gasteiger partial charge >= 0.3 is 0 Å². The van der Waals surface area contributed by atoms with Gasteiger partial charge in [0.25, 0.3) is 0 Å². The maximum atomic E-state index is 6.24. The fourth-order valence-electron chi connectivity index (χ4n) is 2.20. The maximum absolute atomic E-state index is 6.24. The molecule has 0 fully saturated rings. The van der Waals surface area contributed by atoms with Crippen LogP contribution in [-0.2, 0) is 6.42 Å². The van der Waals surface area contributed by atoms with Gasteiger partial charge in [-0.15, -0.1) is 11.8 Å². The molecule has 0 saturated carbocycles. The number of nitrogens with two attached hydrogens (primary N) is 1. The van der Waals surface area contributed by atoms with Gasteiger partial charge < -0.3 is 10.7 Å². The molecule has 1 aliphatic rings. The lowest BCUT2D eigenvalue weighted by Gasteiger charge is -2.18. The molecule has 3 N–H and O–H groups in total. The number of hydrogen-bond acceptors (Lipinski definition) is 3. The Kier molecular flexibility index (Phi) is 3.46. The molecule has 0 aliphatic carbocycles. The van der Waals surface area contributed by atoms with Gasteiger partial charge in [-0.1, -0.05) is 12.1 Å². The summed E-state index contributed by atoms with van der Waals surface area (Å²) < 4.78 is 0.862. The van der Waals surface area contributed by atoms with Gasteiger partial charge in [-0.05, 0) is 51.7 Å². The van der Waals surface area contributed by atoms with E-state index < -0.39 is 0 Å². The number of nitrogens with zero attached hydrogens (tertiary/aromatic N) is 1. The second kappa shape index (κ2) is 5.07. The van der Waals surface area contributed by atoms with E-state index in [2.05, 4.69) is 44.1 Å². The zero-order valence-corrected chi connectivity index (χ0v) is 12.2. The molecular weight excluding hydrogens is 310 g/mol. The van der Waals surface area contributed by atoms with E-state index in [9.17, 15) is 0 Å². The van der Waals surface area contributed by atoms with Crippen LogP contribution in [0.2, 0.25) is 0 Å². The van der Waals surface area contributed by atoms with Crippen LogP contribution in [-0.4, -0.2) is 15.7 Å². The number of benzene rings is 1. The van der Waals surface area contributed by atoms with Gasteiger partial charge in [-0.25, -0.2) is 4.98 Å². The normalized spacial score (nSPS) is 16.3. The Bertz CT molecular complexity index is 567. The number of hydrogen-bond donors (Lipinski definition) is 2. The van der Waals surface area contributed by atoms with Crippen molar-refractivity contribution in [2.45, 2.75) is 23.8 Å². The number of halogens is 1. The molecule has 2 aromatic rings. The summed E-state index contributed by atoms with van der Waals surface area (Å²) in [6.07, 6.45) is 4.15. The molecule has 5 heteroatoms. The number of fused-ring (bicyclic) bond motifs is 1. The van der Waals surface area contributed by atoms with Gasteiger partial charge in [0.2, 0.25) is 0 Å². The number of imidazole rings is 1. The third kappa shape index (κ3) is 2.35. The zero-order chi connectivity index (χ0) is 12.5. The van der Waals surface area contributed by atoms with Crippen molar-refractivity contribution in [3.05, 3.63) is 46.0 Å². The average Bonchev–Trinajstić information content (AvgIpc) is 2.84. The monoisotopic (exact) mass is 323 g/mol. The summed E-state index contributed by atoms with van der Waals surface area (Å²) >= 11 is 5.29. The molecule has 0 bridgehead atoms. The second-order valence-electron chi connectivity index (χ2n) is 4.41. The van der Waals surface area contributed by atoms with Crippen LogP contribution in [0.5, 0.6) is 0 Å². The fourth-order valence-corrected chi connectivity index (χ4v) is 3.53. The van der Waals surface area contributed by atoms with Gasteiger partial charge in [0, 0.05) is 4.90 Å². The predicted octanol–water partition coefficient (Wildman–Crippen LogP) is 3.26. The van der Waals surface area contributed by atoms with Crippen LogP contribution in [0, 0.1) is 0 Å². The Hall–Kier alpha value is -0.780. The Balaban J connectivity index is 1.92. The molecule has 0 saturated heterocycles. The predicted molar refractivity (Wildman–Crippen MR) is 77.8 cm³/mol. The highest BCUT2D eigenvalue weighted by Gasteiger charge is 2.16. The SMILES string of the molecule is NC(c1ccc2c(c1)CCCS2)c1ncc(Br)[nH]1. The van der Waals surface area contributed by atoms with Crippen LogP contribution in [0.25, 0.3) is 0 Å². The zero-order valence-electron chi connectivity index (χ0n) is 9.82. The van der Waals surface area contributed by atoms with Crippen LogP contribution in [0.3, 0.4) is 0 Å². The topological polar surface area (TPSA) is 54.7 Å². The lowest BCUT2D eigenvalue weighted by molar-refractivity contribution is 0.790. The maximum Gasteiger partial charge on any atom is 0.128 e. The molecular formula is C13H14BrN3S. The number of aromatic amines is 1. The highest BCUT2D eigenvalue weighted by Crippen LogP contribution is 2.32.